The number of rotatable bonds is 3. The second-order valence-corrected chi connectivity index (χ2v) is 8.52. The molecule has 2 saturated heterocycles. The van der Waals surface area contributed by atoms with Crippen molar-refractivity contribution >= 4 is 5.91 Å². The third-order valence-corrected chi connectivity index (χ3v) is 6.88. The lowest BCUT2D eigenvalue weighted by atomic mass is 9.82. The molecule has 136 valence electrons. The number of carbonyl (C=O) groups is 1. The van der Waals surface area contributed by atoms with Crippen LogP contribution in [0.15, 0.2) is 24.3 Å². The highest BCUT2D eigenvalue weighted by molar-refractivity contribution is 5.79. The summed E-state index contributed by atoms with van der Waals surface area (Å²) in [5.41, 5.74) is 2.80. The molecular weight excluding hydrogens is 308 g/mol. The first kappa shape index (κ1) is 17.1. The predicted molar refractivity (Wildman–Crippen MR) is 101 cm³/mol. The lowest BCUT2D eigenvalue weighted by Crippen LogP contribution is -2.41. The van der Waals surface area contributed by atoms with E-state index in [1.165, 1.54) is 36.8 Å². The van der Waals surface area contributed by atoms with Gasteiger partial charge in [-0.1, -0.05) is 37.1 Å². The third-order valence-electron chi connectivity index (χ3n) is 6.88. The smallest absolute Gasteiger partial charge is 0.225 e. The molecule has 0 N–H and O–H groups in total. The molecule has 1 aromatic rings. The van der Waals surface area contributed by atoms with E-state index in [2.05, 4.69) is 41.0 Å². The van der Waals surface area contributed by atoms with Gasteiger partial charge in [0.1, 0.15) is 0 Å². The summed E-state index contributed by atoms with van der Waals surface area (Å²) in [4.78, 5) is 17.7. The molecule has 1 amide bonds. The molecule has 1 aliphatic carbocycles. The molecule has 2 heterocycles. The Bertz CT molecular complexity index is 592. The first-order chi connectivity index (χ1) is 12.2. The van der Waals surface area contributed by atoms with E-state index in [4.69, 9.17) is 0 Å². The molecule has 3 nitrogen and oxygen atoms in total. The molecule has 4 rings (SSSR count). The molecule has 0 aromatic heterocycles. The third kappa shape index (κ3) is 3.76. The van der Waals surface area contributed by atoms with Gasteiger partial charge >= 0.3 is 0 Å². The number of amides is 1. The van der Waals surface area contributed by atoms with Gasteiger partial charge in [0.25, 0.3) is 0 Å². The minimum absolute atomic E-state index is 0.272. The van der Waals surface area contributed by atoms with Crippen LogP contribution in [-0.4, -0.2) is 41.9 Å². The van der Waals surface area contributed by atoms with E-state index in [-0.39, 0.29) is 5.92 Å². The molecule has 3 fully saturated rings. The number of hydrogen-bond donors (Lipinski definition) is 0. The summed E-state index contributed by atoms with van der Waals surface area (Å²) < 4.78 is 0. The van der Waals surface area contributed by atoms with Gasteiger partial charge in [-0.3, -0.25) is 9.69 Å². The minimum Gasteiger partial charge on any atom is -0.342 e. The normalized spacial score (nSPS) is 28.1. The van der Waals surface area contributed by atoms with Gasteiger partial charge in [0, 0.05) is 25.6 Å². The zero-order valence-electron chi connectivity index (χ0n) is 15.6. The zero-order chi connectivity index (χ0) is 17.2. The fourth-order valence-electron chi connectivity index (χ4n) is 5.21. The summed E-state index contributed by atoms with van der Waals surface area (Å²) in [5.74, 6) is 2.34. The molecule has 3 heteroatoms. The van der Waals surface area contributed by atoms with Gasteiger partial charge in [-0.05, 0) is 68.7 Å². The van der Waals surface area contributed by atoms with Crippen molar-refractivity contribution in [2.75, 3.05) is 26.2 Å². The molecule has 0 radical (unpaired) electrons. The van der Waals surface area contributed by atoms with Gasteiger partial charge in [-0.2, -0.15) is 0 Å². The fraction of sp³-hybridized carbons (Fsp3) is 0.682. The molecule has 2 atom stereocenters. The number of carbonyl (C=O) groups excluding carboxylic acids is 1. The van der Waals surface area contributed by atoms with Gasteiger partial charge in [0.2, 0.25) is 5.91 Å². The fourth-order valence-corrected chi connectivity index (χ4v) is 5.21. The highest BCUT2D eigenvalue weighted by Gasteiger charge is 2.38. The highest BCUT2D eigenvalue weighted by atomic mass is 16.2. The Morgan fingerprint density at radius 1 is 1.00 bits per heavy atom. The van der Waals surface area contributed by atoms with Crippen LogP contribution in [0.3, 0.4) is 0 Å². The van der Waals surface area contributed by atoms with Crippen LogP contribution in [0.25, 0.3) is 0 Å². The molecule has 25 heavy (non-hydrogen) atoms. The monoisotopic (exact) mass is 340 g/mol. The standard InChI is InChI=1S/C22H32N2O/c1-17-6-2-3-7-19(17)14-23-12-10-18(11-13-23)22(25)24-15-20-8-4-5-9-21(20)16-24/h2-3,6-7,18,20-21H,4-5,8-16H2,1H3. The number of piperidine rings is 1. The summed E-state index contributed by atoms with van der Waals surface area (Å²) in [6, 6.07) is 8.67. The van der Waals surface area contributed by atoms with Crippen LogP contribution >= 0.6 is 0 Å². The van der Waals surface area contributed by atoms with E-state index in [0.29, 0.717) is 5.91 Å². The number of hydrogen-bond acceptors (Lipinski definition) is 2. The first-order valence-electron chi connectivity index (χ1n) is 10.3. The van der Waals surface area contributed by atoms with Crippen LogP contribution in [-0.2, 0) is 11.3 Å². The number of benzene rings is 1. The molecule has 2 unspecified atom stereocenters. The first-order valence-corrected chi connectivity index (χ1v) is 10.3. The van der Waals surface area contributed by atoms with E-state index in [0.717, 1.165) is 57.4 Å². The number of aryl methyl sites for hydroxylation is 1. The summed E-state index contributed by atoms with van der Waals surface area (Å²) in [6.45, 7) is 7.44. The van der Waals surface area contributed by atoms with Crippen LogP contribution in [0.1, 0.15) is 49.7 Å². The molecule has 0 bridgehead atoms. The van der Waals surface area contributed by atoms with Crippen LogP contribution in [0, 0.1) is 24.7 Å². The van der Waals surface area contributed by atoms with Crippen molar-refractivity contribution in [3.05, 3.63) is 35.4 Å². The summed E-state index contributed by atoms with van der Waals surface area (Å²) in [5, 5.41) is 0. The Balaban J connectivity index is 1.28. The Kier molecular flexibility index (Phi) is 5.12. The van der Waals surface area contributed by atoms with Gasteiger partial charge in [0.15, 0.2) is 0 Å². The van der Waals surface area contributed by atoms with Gasteiger partial charge < -0.3 is 4.90 Å². The van der Waals surface area contributed by atoms with Crippen LogP contribution in [0.2, 0.25) is 0 Å². The van der Waals surface area contributed by atoms with Gasteiger partial charge in [0.05, 0.1) is 0 Å². The van der Waals surface area contributed by atoms with E-state index in [9.17, 15) is 4.79 Å². The van der Waals surface area contributed by atoms with Crippen LogP contribution in [0.4, 0.5) is 0 Å². The van der Waals surface area contributed by atoms with Crippen molar-refractivity contribution in [1.82, 2.24) is 9.80 Å². The van der Waals surface area contributed by atoms with Crippen molar-refractivity contribution in [3.8, 4) is 0 Å². The maximum atomic E-state index is 13.0. The lowest BCUT2D eigenvalue weighted by Gasteiger charge is -2.33. The zero-order valence-corrected chi connectivity index (χ0v) is 15.6. The average Bonchev–Trinajstić information content (AvgIpc) is 3.08. The molecule has 0 spiro atoms. The van der Waals surface area contributed by atoms with E-state index >= 15 is 0 Å². The molecule has 1 saturated carbocycles. The minimum atomic E-state index is 0.272. The molecular formula is C22H32N2O. The number of fused-ring (bicyclic) bond motifs is 1. The maximum absolute atomic E-state index is 13.0. The van der Waals surface area contributed by atoms with E-state index in [1.807, 2.05) is 0 Å². The van der Waals surface area contributed by atoms with Crippen molar-refractivity contribution in [2.45, 2.75) is 52.0 Å². The predicted octanol–water partition coefficient (Wildman–Crippen LogP) is 3.86. The quantitative estimate of drug-likeness (QED) is 0.834. The van der Waals surface area contributed by atoms with E-state index in [1.54, 1.807) is 0 Å². The Morgan fingerprint density at radius 2 is 1.64 bits per heavy atom. The van der Waals surface area contributed by atoms with Crippen LogP contribution in [0.5, 0.6) is 0 Å². The topological polar surface area (TPSA) is 23.6 Å². The maximum Gasteiger partial charge on any atom is 0.225 e. The number of likely N-dealkylation sites (tertiary alicyclic amines) is 2. The molecule has 1 aromatic carbocycles. The van der Waals surface area contributed by atoms with Crippen molar-refractivity contribution in [3.63, 3.8) is 0 Å². The number of nitrogens with zero attached hydrogens (tertiary/aromatic N) is 2. The van der Waals surface area contributed by atoms with E-state index < -0.39 is 0 Å². The Hall–Kier alpha value is -1.35. The lowest BCUT2D eigenvalue weighted by molar-refractivity contribution is -0.136. The SMILES string of the molecule is Cc1ccccc1CN1CCC(C(=O)N2CC3CCCCC3C2)CC1. The highest BCUT2D eigenvalue weighted by Crippen LogP contribution is 2.37. The van der Waals surface area contributed by atoms with Crippen molar-refractivity contribution in [2.24, 2.45) is 17.8 Å². The van der Waals surface area contributed by atoms with Crippen LogP contribution < -0.4 is 0 Å². The molecule has 2 aliphatic heterocycles. The van der Waals surface area contributed by atoms with Gasteiger partial charge in [-0.15, -0.1) is 0 Å². The molecule has 3 aliphatic rings. The second kappa shape index (κ2) is 7.49. The second-order valence-electron chi connectivity index (χ2n) is 8.52. The largest absolute Gasteiger partial charge is 0.342 e. The average molecular weight is 341 g/mol. The summed E-state index contributed by atoms with van der Waals surface area (Å²) >= 11 is 0. The van der Waals surface area contributed by atoms with Crippen molar-refractivity contribution < 1.29 is 4.79 Å². The summed E-state index contributed by atoms with van der Waals surface area (Å²) in [7, 11) is 0. The van der Waals surface area contributed by atoms with Gasteiger partial charge in [-0.25, -0.2) is 0 Å². The van der Waals surface area contributed by atoms with Crippen molar-refractivity contribution in [1.29, 1.82) is 0 Å². The Labute approximate surface area is 152 Å². The summed E-state index contributed by atoms with van der Waals surface area (Å²) in [6.07, 6.45) is 7.53. The Morgan fingerprint density at radius 3 is 2.28 bits per heavy atom.